The average Bonchev–Trinajstić information content (AvgIpc) is 3.01. The molecule has 2 aliphatic rings. The van der Waals surface area contributed by atoms with E-state index in [2.05, 4.69) is 9.89 Å². The number of unbranched alkanes of at least 4 members (excludes halogenated alkanes) is 5. The molecule has 3 N–H and O–H groups in total. The maximum atomic E-state index is 14.6. The lowest BCUT2D eigenvalue weighted by Crippen LogP contribution is -2.33. The van der Waals surface area contributed by atoms with Gasteiger partial charge >= 0.3 is 5.97 Å². The van der Waals surface area contributed by atoms with Crippen LogP contribution >= 0.6 is 0 Å². The first-order valence-corrected chi connectivity index (χ1v) is 15.5. The first-order valence-electron chi connectivity index (χ1n) is 15.5. The minimum Gasteiger partial charge on any atom is -0.497 e. The summed E-state index contributed by atoms with van der Waals surface area (Å²) >= 11 is 0. The minimum absolute atomic E-state index is 0.0240. The Hall–Kier alpha value is -3.95. The van der Waals surface area contributed by atoms with Gasteiger partial charge in [0.05, 0.1) is 18.3 Å². The summed E-state index contributed by atoms with van der Waals surface area (Å²) in [5.41, 5.74) is 10.5. The predicted molar refractivity (Wildman–Crippen MR) is 172 cm³/mol. The molecule has 0 bridgehead atoms. The van der Waals surface area contributed by atoms with Gasteiger partial charge in [-0.2, -0.15) is 0 Å². The van der Waals surface area contributed by atoms with Crippen molar-refractivity contribution in [2.75, 3.05) is 25.1 Å². The van der Waals surface area contributed by atoms with Crippen LogP contribution in [0.25, 0.3) is 10.9 Å². The van der Waals surface area contributed by atoms with E-state index in [1.165, 1.54) is 6.20 Å². The maximum absolute atomic E-state index is 14.6. The highest BCUT2D eigenvalue weighted by molar-refractivity contribution is 5.95. The van der Waals surface area contributed by atoms with Crippen LogP contribution in [-0.2, 0) is 11.8 Å². The Morgan fingerprint density at radius 3 is 2.59 bits per heavy atom. The van der Waals surface area contributed by atoms with E-state index in [1.54, 1.807) is 37.9 Å². The first-order chi connectivity index (χ1) is 21.2. The van der Waals surface area contributed by atoms with Crippen molar-refractivity contribution >= 4 is 28.8 Å². The lowest BCUT2D eigenvalue weighted by Gasteiger charge is -2.38. The molecule has 1 aromatic heterocycles. The number of aliphatic imine (C=N–C) groups is 1. The van der Waals surface area contributed by atoms with Crippen molar-refractivity contribution in [1.82, 2.24) is 4.57 Å². The molecule has 0 amide bonds. The second kappa shape index (κ2) is 15.2. The average molecular weight is 611 g/mol. The summed E-state index contributed by atoms with van der Waals surface area (Å²) in [6, 6.07) is 5.62. The molecule has 0 saturated carbocycles. The highest BCUT2D eigenvalue weighted by Crippen LogP contribution is 2.44. The lowest BCUT2D eigenvalue weighted by molar-refractivity contribution is -0.137. The maximum Gasteiger partial charge on any atom is 0.303 e. The standard InChI is InChI=1S/C34H44F2N4O4/c1-22-15-28-30(39(2)34(22)43)17-25(44-3)18-31(28)40-14-10-11-23-16-26(27(33(35)36)19-29(23)40)24(20-37)21-38-13-9-7-5-4-6-8-12-32(41)42/h15,17-21,26,33H,4-14,16,37H2,1-3H3,(H,41,42)/b24-20+,38-21?. The number of nitrogens with two attached hydrogens (primary N) is 1. The Labute approximate surface area is 257 Å². The van der Waals surface area contributed by atoms with Crippen LogP contribution in [0.4, 0.5) is 14.5 Å². The molecule has 0 fully saturated rings. The second-order valence-corrected chi connectivity index (χ2v) is 11.7. The molecule has 4 rings (SSSR count). The van der Waals surface area contributed by atoms with Gasteiger partial charge in [0.2, 0.25) is 0 Å². The third-order valence-electron chi connectivity index (χ3n) is 8.69. The lowest BCUT2D eigenvalue weighted by atomic mass is 9.78. The number of allylic oxidation sites excluding steroid dienone is 4. The van der Waals surface area contributed by atoms with E-state index in [0.29, 0.717) is 42.8 Å². The van der Waals surface area contributed by atoms with E-state index in [9.17, 15) is 18.4 Å². The summed E-state index contributed by atoms with van der Waals surface area (Å²) in [4.78, 5) is 29.9. The van der Waals surface area contributed by atoms with Crippen molar-refractivity contribution in [3.05, 3.63) is 68.8 Å². The number of alkyl halides is 2. The third-order valence-corrected chi connectivity index (χ3v) is 8.69. The van der Waals surface area contributed by atoms with Crippen LogP contribution in [-0.4, -0.2) is 48.5 Å². The molecule has 10 heteroatoms. The summed E-state index contributed by atoms with van der Waals surface area (Å²) in [5.74, 6) is -0.718. The number of pyridine rings is 1. The molecule has 44 heavy (non-hydrogen) atoms. The fraction of sp³-hybridized carbons (Fsp3) is 0.500. The molecular formula is C34H44F2N4O4. The number of aromatic nitrogens is 1. The summed E-state index contributed by atoms with van der Waals surface area (Å²) < 4.78 is 36.4. The van der Waals surface area contributed by atoms with Crippen LogP contribution in [0.2, 0.25) is 0 Å². The van der Waals surface area contributed by atoms with Gasteiger partial charge in [-0.05, 0) is 68.5 Å². The predicted octanol–water partition coefficient (Wildman–Crippen LogP) is 6.65. The Balaban J connectivity index is 1.53. The van der Waals surface area contributed by atoms with E-state index in [0.717, 1.165) is 72.8 Å². The Morgan fingerprint density at radius 1 is 1.18 bits per heavy atom. The molecule has 2 heterocycles. The molecule has 0 saturated heterocycles. The van der Waals surface area contributed by atoms with Crippen molar-refractivity contribution in [2.24, 2.45) is 23.7 Å². The molecule has 1 unspecified atom stereocenters. The normalized spacial score (nSPS) is 17.5. The molecular weight excluding hydrogens is 566 g/mol. The number of carboxylic acids is 1. The van der Waals surface area contributed by atoms with E-state index in [1.807, 2.05) is 18.2 Å². The van der Waals surface area contributed by atoms with Gasteiger partial charge < -0.3 is 25.0 Å². The van der Waals surface area contributed by atoms with Gasteiger partial charge in [-0.25, -0.2) is 8.78 Å². The highest BCUT2D eigenvalue weighted by atomic mass is 19.3. The van der Waals surface area contributed by atoms with Crippen LogP contribution in [0.1, 0.15) is 69.8 Å². The number of fused-ring (bicyclic) bond motifs is 1. The van der Waals surface area contributed by atoms with E-state index in [-0.39, 0.29) is 17.6 Å². The minimum atomic E-state index is -2.66. The number of rotatable bonds is 14. The first kappa shape index (κ1) is 33.0. The van der Waals surface area contributed by atoms with Crippen molar-refractivity contribution < 1.29 is 23.4 Å². The Bertz CT molecular complexity index is 1540. The zero-order chi connectivity index (χ0) is 31.8. The van der Waals surface area contributed by atoms with E-state index in [4.69, 9.17) is 15.6 Å². The molecule has 0 radical (unpaired) electrons. The number of hydrogen-bond donors (Lipinski definition) is 2. The van der Waals surface area contributed by atoms with Gasteiger partial charge in [0.15, 0.2) is 0 Å². The summed E-state index contributed by atoms with van der Waals surface area (Å²) in [5, 5.41) is 9.58. The molecule has 2 aromatic rings. The zero-order valence-corrected chi connectivity index (χ0v) is 26.0. The number of hydrogen-bond acceptors (Lipinski definition) is 6. The van der Waals surface area contributed by atoms with Gasteiger partial charge in [-0.3, -0.25) is 14.6 Å². The molecule has 0 spiro atoms. The number of anilines is 1. The smallest absolute Gasteiger partial charge is 0.303 e. The van der Waals surface area contributed by atoms with Crippen LogP contribution in [0, 0.1) is 12.8 Å². The van der Waals surface area contributed by atoms with Gasteiger partial charge in [-0.15, -0.1) is 0 Å². The molecule has 1 aliphatic carbocycles. The zero-order valence-electron chi connectivity index (χ0n) is 26.0. The fourth-order valence-corrected chi connectivity index (χ4v) is 6.30. The number of methoxy groups -OCH3 is 1. The number of aryl methyl sites for hydroxylation is 2. The van der Waals surface area contributed by atoms with Gasteiger partial charge in [0.1, 0.15) is 5.75 Å². The third kappa shape index (κ3) is 7.57. The summed E-state index contributed by atoms with van der Waals surface area (Å²) in [6.45, 7) is 3.02. The van der Waals surface area contributed by atoms with Crippen molar-refractivity contribution in [2.45, 2.75) is 77.6 Å². The van der Waals surface area contributed by atoms with Crippen LogP contribution in [0.15, 0.2) is 62.7 Å². The number of carbonyl (C=O) groups is 1. The summed E-state index contributed by atoms with van der Waals surface area (Å²) in [6.07, 6.45) is 9.81. The monoisotopic (exact) mass is 610 g/mol. The van der Waals surface area contributed by atoms with Gasteiger partial charge in [0, 0.05) is 73.0 Å². The van der Waals surface area contributed by atoms with Crippen LogP contribution in [0.5, 0.6) is 5.75 Å². The number of carboxylic acid groups (broad SMARTS) is 1. The van der Waals surface area contributed by atoms with Gasteiger partial charge in [-0.1, -0.05) is 25.7 Å². The summed E-state index contributed by atoms with van der Waals surface area (Å²) in [7, 11) is 3.31. The van der Waals surface area contributed by atoms with E-state index >= 15 is 0 Å². The quantitative estimate of drug-likeness (QED) is 0.183. The number of halogens is 2. The molecule has 238 valence electrons. The number of ether oxygens (including phenoxy) is 1. The van der Waals surface area contributed by atoms with Crippen LogP contribution < -0.4 is 20.9 Å². The number of aliphatic carboxylic acids is 1. The molecule has 8 nitrogen and oxygen atoms in total. The van der Waals surface area contributed by atoms with Crippen molar-refractivity contribution in [3.8, 4) is 5.75 Å². The Morgan fingerprint density at radius 2 is 1.91 bits per heavy atom. The second-order valence-electron chi connectivity index (χ2n) is 11.7. The SMILES string of the molecule is COc1cc(N2CCCC3=C2C=C(C(F)F)C(/C(C=NCCCCCCCCC(=O)O)=C/N)C3)c2cc(C)c(=O)n(C)c2c1. The topological polar surface area (TPSA) is 110 Å². The highest BCUT2D eigenvalue weighted by Gasteiger charge is 2.34. The molecule has 1 aliphatic heterocycles. The number of benzene rings is 1. The van der Waals surface area contributed by atoms with E-state index < -0.39 is 18.3 Å². The fourth-order valence-electron chi connectivity index (χ4n) is 6.30. The molecule has 1 aromatic carbocycles. The van der Waals surface area contributed by atoms with Crippen molar-refractivity contribution in [1.29, 1.82) is 0 Å². The number of nitrogens with zero attached hydrogens (tertiary/aromatic N) is 3. The van der Waals surface area contributed by atoms with Crippen LogP contribution in [0.3, 0.4) is 0 Å². The largest absolute Gasteiger partial charge is 0.497 e. The Kier molecular flexibility index (Phi) is 11.4. The van der Waals surface area contributed by atoms with Crippen molar-refractivity contribution in [3.63, 3.8) is 0 Å². The molecule has 1 atom stereocenters. The van der Waals surface area contributed by atoms with Gasteiger partial charge in [0.25, 0.3) is 12.0 Å².